The number of aliphatic imine (C=N–C) groups is 1. The molecule has 0 aromatic heterocycles. The van der Waals surface area contributed by atoms with Crippen LogP contribution in [0.4, 0.5) is 5.69 Å². The molecule has 0 radical (unpaired) electrons. The zero-order valence-corrected chi connectivity index (χ0v) is 16.4. The fourth-order valence-electron chi connectivity index (χ4n) is 3.15. The van der Waals surface area contributed by atoms with E-state index in [1.807, 2.05) is 0 Å². The first-order valence-corrected chi connectivity index (χ1v) is 9.54. The van der Waals surface area contributed by atoms with E-state index in [1.54, 1.807) is 18.2 Å². The van der Waals surface area contributed by atoms with E-state index in [9.17, 15) is 10.1 Å². The van der Waals surface area contributed by atoms with Crippen LogP contribution in [0.5, 0.6) is 0 Å². The van der Waals surface area contributed by atoms with Crippen molar-refractivity contribution in [2.45, 2.75) is 45.2 Å². The number of nitrogens with zero attached hydrogens (tertiary/aromatic N) is 3. The summed E-state index contributed by atoms with van der Waals surface area (Å²) in [6.45, 7) is 12.4. The van der Waals surface area contributed by atoms with Crippen LogP contribution < -0.4 is 10.6 Å². The van der Waals surface area contributed by atoms with Gasteiger partial charge in [-0.15, -0.1) is 6.58 Å². The van der Waals surface area contributed by atoms with Crippen LogP contribution in [0, 0.1) is 10.1 Å². The molecule has 0 spiro atoms. The van der Waals surface area contributed by atoms with Crippen LogP contribution in [0.2, 0.25) is 0 Å². The molecule has 0 aliphatic carbocycles. The Labute approximate surface area is 161 Å². The van der Waals surface area contributed by atoms with E-state index in [0.717, 1.165) is 31.2 Å². The van der Waals surface area contributed by atoms with Crippen LogP contribution in [0.15, 0.2) is 41.9 Å². The number of hydrogen-bond acceptors (Lipinski definition) is 4. The maximum atomic E-state index is 10.8. The summed E-state index contributed by atoms with van der Waals surface area (Å²) in [5.41, 5.74) is 1.06. The quantitative estimate of drug-likeness (QED) is 0.241. The lowest BCUT2D eigenvalue weighted by Gasteiger charge is -2.41. The van der Waals surface area contributed by atoms with Crippen molar-refractivity contribution in [1.29, 1.82) is 0 Å². The number of nitro benzene ring substituents is 1. The second kappa shape index (κ2) is 10.1. The molecule has 148 valence electrons. The predicted molar refractivity (Wildman–Crippen MR) is 110 cm³/mol. The zero-order chi connectivity index (χ0) is 19.7. The third kappa shape index (κ3) is 6.67. The molecule has 1 fully saturated rings. The highest BCUT2D eigenvalue weighted by molar-refractivity contribution is 5.80. The molecule has 1 saturated heterocycles. The number of nitro groups is 1. The van der Waals surface area contributed by atoms with E-state index in [-0.39, 0.29) is 11.2 Å². The monoisotopic (exact) mass is 373 g/mol. The molecule has 1 aliphatic rings. The molecule has 1 aromatic rings. The number of benzene rings is 1. The minimum atomic E-state index is -0.394. The fourth-order valence-corrected chi connectivity index (χ4v) is 3.15. The standard InChI is InChI=1S/C20H31N5O2/c1-4-12-21-19(22-15-17-8-10-18(11-9-17)25(26)27)23-16-20(2,3)24-13-6-5-7-14-24/h4,8-11H,1,5-7,12-16H2,2-3H3,(H2,21,22,23). The van der Waals surface area contributed by atoms with Crippen molar-refractivity contribution in [2.24, 2.45) is 4.99 Å². The van der Waals surface area contributed by atoms with Crippen LogP contribution in [-0.2, 0) is 6.54 Å². The number of piperidine rings is 1. The van der Waals surface area contributed by atoms with Crippen molar-refractivity contribution in [3.8, 4) is 0 Å². The molecule has 0 atom stereocenters. The molecular formula is C20H31N5O2. The number of guanidine groups is 1. The van der Waals surface area contributed by atoms with Crippen LogP contribution in [0.3, 0.4) is 0 Å². The highest BCUT2D eigenvalue weighted by atomic mass is 16.6. The van der Waals surface area contributed by atoms with Gasteiger partial charge < -0.3 is 10.6 Å². The van der Waals surface area contributed by atoms with Gasteiger partial charge in [-0.1, -0.05) is 24.6 Å². The summed E-state index contributed by atoms with van der Waals surface area (Å²) in [6.07, 6.45) is 5.64. The second-order valence-corrected chi connectivity index (χ2v) is 7.47. The number of hydrogen-bond donors (Lipinski definition) is 2. The Bertz CT molecular complexity index is 649. The highest BCUT2D eigenvalue weighted by Crippen LogP contribution is 2.19. The molecule has 0 bridgehead atoms. The smallest absolute Gasteiger partial charge is 0.269 e. The SMILES string of the molecule is C=CCNC(=NCc1ccc([N+](=O)[O-])cc1)NCC(C)(C)N1CCCCC1. The Balaban J connectivity index is 1.97. The van der Waals surface area contributed by atoms with Crippen molar-refractivity contribution in [1.82, 2.24) is 15.5 Å². The molecule has 7 heteroatoms. The van der Waals surface area contributed by atoms with E-state index >= 15 is 0 Å². The molecule has 1 heterocycles. The zero-order valence-electron chi connectivity index (χ0n) is 16.4. The van der Waals surface area contributed by atoms with Gasteiger partial charge in [-0.3, -0.25) is 15.0 Å². The van der Waals surface area contributed by atoms with Crippen LogP contribution in [0.1, 0.15) is 38.7 Å². The van der Waals surface area contributed by atoms with Crippen LogP contribution in [-0.4, -0.2) is 47.5 Å². The minimum Gasteiger partial charge on any atom is -0.355 e. The molecule has 2 rings (SSSR count). The molecule has 1 aliphatic heterocycles. The van der Waals surface area contributed by atoms with Crippen molar-refractivity contribution >= 4 is 11.6 Å². The number of rotatable bonds is 8. The molecule has 27 heavy (non-hydrogen) atoms. The number of nitrogens with one attached hydrogen (secondary N) is 2. The molecule has 7 nitrogen and oxygen atoms in total. The summed E-state index contributed by atoms with van der Waals surface area (Å²) in [6, 6.07) is 6.50. The first-order chi connectivity index (χ1) is 12.9. The Morgan fingerprint density at radius 2 is 1.93 bits per heavy atom. The highest BCUT2D eigenvalue weighted by Gasteiger charge is 2.27. The molecule has 0 saturated carbocycles. The maximum absolute atomic E-state index is 10.8. The maximum Gasteiger partial charge on any atom is 0.269 e. The predicted octanol–water partition coefficient (Wildman–Crippen LogP) is 3.08. The molecule has 2 N–H and O–H groups in total. The lowest BCUT2D eigenvalue weighted by Crippen LogP contribution is -2.54. The van der Waals surface area contributed by atoms with Crippen LogP contribution in [0.25, 0.3) is 0 Å². The summed E-state index contributed by atoms with van der Waals surface area (Å²) in [7, 11) is 0. The molecule has 0 amide bonds. The Morgan fingerprint density at radius 3 is 2.52 bits per heavy atom. The van der Waals surface area contributed by atoms with Crippen molar-refractivity contribution in [3.63, 3.8) is 0 Å². The van der Waals surface area contributed by atoms with E-state index < -0.39 is 4.92 Å². The van der Waals surface area contributed by atoms with Gasteiger partial charge in [0.2, 0.25) is 0 Å². The number of likely N-dealkylation sites (tertiary alicyclic amines) is 1. The van der Waals surface area contributed by atoms with Crippen molar-refractivity contribution in [2.75, 3.05) is 26.2 Å². The normalized spacial score (nSPS) is 16.0. The summed E-state index contributed by atoms with van der Waals surface area (Å²) in [5, 5.41) is 17.4. The van der Waals surface area contributed by atoms with Gasteiger partial charge in [-0.05, 0) is 45.3 Å². The van der Waals surface area contributed by atoms with E-state index in [0.29, 0.717) is 13.1 Å². The largest absolute Gasteiger partial charge is 0.355 e. The van der Waals surface area contributed by atoms with Gasteiger partial charge in [0, 0.05) is 30.8 Å². The van der Waals surface area contributed by atoms with Gasteiger partial charge in [0.05, 0.1) is 11.5 Å². The molecular weight excluding hydrogens is 342 g/mol. The van der Waals surface area contributed by atoms with Crippen molar-refractivity contribution in [3.05, 3.63) is 52.6 Å². The topological polar surface area (TPSA) is 82.8 Å². The third-order valence-corrected chi connectivity index (χ3v) is 4.88. The van der Waals surface area contributed by atoms with Gasteiger partial charge in [-0.25, -0.2) is 4.99 Å². The first kappa shape index (κ1) is 20.9. The van der Waals surface area contributed by atoms with Gasteiger partial charge in [-0.2, -0.15) is 0 Å². The second-order valence-electron chi connectivity index (χ2n) is 7.47. The Morgan fingerprint density at radius 1 is 1.26 bits per heavy atom. The van der Waals surface area contributed by atoms with Gasteiger partial charge in [0.1, 0.15) is 0 Å². The first-order valence-electron chi connectivity index (χ1n) is 9.54. The summed E-state index contributed by atoms with van der Waals surface area (Å²) in [5.74, 6) is 0.721. The van der Waals surface area contributed by atoms with Crippen LogP contribution >= 0.6 is 0 Å². The fraction of sp³-hybridized carbons (Fsp3) is 0.550. The van der Waals surface area contributed by atoms with Gasteiger partial charge >= 0.3 is 0 Å². The summed E-state index contributed by atoms with van der Waals surface area (Å²) < 4.78 is 0. The summed E-state index contributed by atoms with van der Waals surface area (Å²) in [4.78, 5) is 17.5. The lowest BCUT2D eigenvalue weighted by atomic mass is 9.98. The average molecular weight is 374 g/mol. The van der Waals surface area contributed by atoms with E-state index in [1.165, 1.54) is 31.4 Å². The lowest BCUT2D eigenvalue weighted by molar-refractivity contribution is -0.384. The Kier molecular flexibility index (Phi) is 7.79. The van der Waals surface area contributed by atoms with E-state index in [4.69, 9.17) is 0 Å². The average Bonchev–Trinajstić information content (AvgIpc) is 2.68. The minimum absolute atomic E-state index is 0.0460. The van der Waals surface area contributed by atoms with Gasteiger partial charge in [0.15, 0.2) is 5.96 Å². The van der Waals surface area contributed by atoms with Gasteiger partial charge in [0.25, 0.3) is 5.69 Å². The third-order valence-electron chi connectivity index (χ3n) is 4.88. The van der Waals surface area contributed by atoms with E-state index in [2.05, 4.69) is 41.0 Å². The molecule has 0 unspecified atom stereocenters. The summed E-state index contributed by atoms with van der Waals surface area (Å²) >= 11 is 0. The van der Waals surface area contributed by atoms with Crippen molar-refractivity contribution < 1.29 is 4.92 Å². The molecule has 1 aromatic carbocycles. The Hall–Kier alpha value is -2.41. The number of non-ortho nitro benzene ring substituents is 1.